The Kier molecular flexibility index (Phi) is 5.03. The van der Waals surface area contributed by atoms with E-state index in [-0.39, 0.29) is 11.9 Å². The van der Waals surface area contributed by atoms with E-state index in [0.29, 0.717) is 12.1 Å². The van der Waals surface area contributed by atoms with Crippen molar-refractivity contribution in [3.8, 4) is 5.69 Å². The van der Waals surface area contributed by atoms with Crippen LogP contribution in [0.5, 0.6) is 0 Å². The number of carbonyl (C=O) groups is 1. The van der Waals surface area contributed by atoms with Gasteiger partial charge in [-0.1, -0.05) is 37.3 Å². The molecule has 0 radical (unpaired) electrons. The molecule has 1 saturated heterocycles. The average molecular weight is 360 g/mol. The predicted molar refractivity (Wildman–Crippen MR) is 106 cm³/mol. The lowest BCUT2D eigenvalue weighted by Crippen LogP contribution is -2.48. The number of hydrogen-bond acceptors (Lipinski definition) is 3. The van der Waals surface area contributed by atoms with Crippen molar-refractivity contribution in [2.24, 2.45) is 0 Å². The van der Waals surface area contributed by atoms with Gasteiger partial charge in [-0.3, -0.25) is 4.79 Å². The number of amides is 1. The summed E-state index contributed by atoms with van der Waals surface area (Å²) >= 11 is 0. The van der Waals surface area contributed by atoms with Gasteiger partial charge in [0.25, 0.3) is 5.91 Å². The monoisotopic (exact) mass is 360 g/mol. The Hall–Kier alpha value is -2.92. The fourth-order valence-corrected chi connectivity index (χ4v) is 3.60. The number of hydrogen-bond donors (Lipinski definition) is 1. The van der Waals surface area contributed by atoms with Crippen molar-refractivity contribution < 1.29 is 4.79 Å². The number of benzene rings is 2. The molecule has 1 fully saturated rings. The Bertz CT molecular complexity index is 902. The molecule has 0 spiro atoms. The van der Waals surface area contributed by atoms with Gasteiger partial charge in [-0.2, -0.15) is 0 Å². The minimum absolute atomic E-state index is 0.0501. The Balaban J connectivity index is 1.61. The van der Waals surface area contributed by atoms with Gasteiger partial charge in [0.2, 0.25) is 0 Å². The SMILES string of the molecule is CCc1ccc(C2CNCCN2C(=O)c2cccc(-n3ccnc3)c2)cc1. The first-order chi connectivity index (χ1) is 13.3. The van der Waals surface area contributed by atoms with Crippen molar-refractivity contribution in [1.82, 2.24) is 19.8 Å². The lowest BCUT2D eigenvalue weighted by atomic mass is 10.00. The van der Waals surface area contributed by atoms with E-state index in [9.17, 15) is 4.79 Å². The Morgan fingerprint density at radius 1 is 1.22 bits per heavy atom. The van der Waals surface area contributed by atoms with E-state index >= 15 is 0 Å². The number of nitrogens with zero attached hydrogens (tertiary/aromatic N) is 3. The van der Waals surface area contributed by atoms with E-state index in [1.807, 2.05) is 39.9 Å². The van der Waals surface area contributed by atoms with Gasteiger partial charge in [0.1, 0.15) is 0 Å². The molecule has 5 nitrogen and oxygen atoms in total. The summed E-state index contributed by atoms with van der Waals surface area (Å²) in [7, 11) is 0. The normalized spacial score (nSPS) is 17.1. The molecule has 0 bridgehead atoms. The summed E-state index contributed by atoms with van der Waals surface area (Å²) in [6, 6.07) is 16.4. The molecule has 5 heteroatoms. The smallest absolute Gasteiger partial charge is 0.254 e. The quantitative estimate of drug-likeness (QED) is 0.777. The second kappa shape index (κ2) is 7.76. The fourth-order valence-electron chi connectivity index (χ4n) is 3.60. The molecule has 27 heavy (non-hydrogen) atoms. The molecular formula is C22H24N4O. The first-order valence-corrected chi connectivity index (χ1v) is 9.45. The van der Waals surface area contributed by atoms with Crippen LogP contribution in [0, 0.1) is 0 Å². The Morgan fingerprint density at radius 3 is 2.81 bits per heavy atom. The van der Waals surface area contributed by atoms with Gasteiger partial charge in [0.15, 0.2) is 0 Å². The standard InChI is InChI=1S/C22H24N4O/c1-2-17-6-8-18(9-7-17)21-15-23-11-13-26(21)22(27)19-4-3-5-20(14-19)25-12-10-24-16-25/h3-10,12,14,16,21,23H,2,11,13,15H2,1H3. The van der Waals surface area contributed by atoms with Gasteiger partial charge < -0.3 is 14.8 Å². The third kappa shape index (κ3) is 3.64. The molecule has 1 amide bonds. The van der Waals surface area contributed by atoms with Gasteiger partial charge in [0.05, 0.1) is 12.4 Å². The van der Waals surface area contributed by atoms with Gasteiger partial charge in [-0.15, -0.1) is 0 Å². The van der Waals surface area contributed by atoms with Crippen LogP contribution in [0.1, 0.15) is 34.5 Å². The molecule has 2 heterocycles. The number of aryl methyl sites for hydroxylation is 1. The van der Waals surface area contributed by atoms with Gasteiger partial charge >= 0.3 is 0 Å². The molecule has 1 atom stereocenters. The van der Waals surface area contributed by atoms with Crippen LogP contribution in [0.25, 0.3) is 5.69 Å². The third-order valence-corrected chi connectivity index (χ3v) is 5.17. The van der Waals surface area contributed by atoms with Crippen LogP contribution in [-0.4, -0.2) is 40.0 Å². The zero-order valence-electron chi connectivity index (χ0n) is 15.5. The molecule has 0 aliphatic carbocycles. The van der Waals surface area contributed by atoms with Gasteiger partial charge in [0, 0.05) is 43.3 Å². The van der Waals surface area contributed by atoms with E-state index < -0.39 is 0 Å². The van der Waals surface area contributed by atoms with E-state index in [2.05, 4.69) is 41.5 Å². The maximum atomic E-state index is 13.3. The molecule has 1 aliphatic heterocycles. The summed E-state index contributed by atoms with van der Waals surface area (Å²) < 4.78 is 1.91. The van der Waals surface area contributed by atoms with Crippen LogP contribution >= 0.6 is 0 Å². The van der Waals surface area contributed by atoms with E-state index in [1.54, 1.807) is 12.5 Å². The highest BCUT2D eigenvalue weighted by molar-refractivity contribution is 5.95. The van der Waals surface area contributed by atoms with E-state index in [0.717, 1.165) is 25.2 Å². The van der Waals surface area contributed by atoms with Crippen LogP contribution in [0.15, 0.2) is 67.3 Å². The minimum atomic E-state index is 0.0501. The molecule has 4 rings (SSSR count). The van der Waals surface area contributed by atoms with Crippen molar-refractivity contribution in [2.45, 2.75) is 19.4 Å². The Morgan fingerprint density at radius 2 is 2.07 bits per heavy atom. The molecule has 1 N–H and O–H groups in total. The van der Waals surface area contributed by atoms with Crippen LogP contribution in [0.2, 0.25) is 0 Å². The van der Waals surface area contributed by atoms with Gasteiger partial charge in [-0.05, 0) is 35.7 Å². The summed E-state index contributed by atoms with van der Waals surface area (Å²) in [5.74, 6) is 0.0723. The van der Waals surface area contributed by atoms with E-state index in [4.69, 9.17) is 0 Å². The lowest BCUT2D eigenvalue weighted by molar-refractivity contribution is 0.0634. The van der Waals surface area contributed by atoms with Crippen LogP contribution < -0.4 is 5.32 Å². The first kappa shape index (κ1) is 17.5. The fraction of sp³-hybridized carbons (Fsp3) is 0.273. The number of rotatable bonds is 4. The molecule has 1 aliphatic rings. The highest BCUT2D eigenvalue weighted by Gasteiger charge is 2.28. The minimum Gasteiger partial charge on any atom is -0.329 e. The highest BCUT2D eigenvalue weighted by Crippen LogP contribution is 2.25. The summed E-state index contributed by atoms with van der Waals surface area (Å²) in [6.07, 6.45) is 6.38. The molecule has 138 valence electrons. The van der Waals surface area contributed by atoms with Crippen molar-refractivity contribution in [3.05, 3.63) is 83.9 Å². The molecule has 0 saturated carbocycles. The Labute approximate surface area is 159 Å². The second-order valence-electron chi connectivity index (χ2n) is 6.83. The number of nitrogens with one attached hydrogen (secondary N) is 1. The molecule has 1 unspecified atom stereocenters. The maximum Gasteiger partial charge on any atom is 0.254 e. The first-order valence-electron chi connectivity index (χ1n) is 9.45. The molecular weight excluding hydrogens is 336 g/mol. The molecule has 2 aromatic carbocycles. The molecule has 3 aromatic rings. The second-order valence-corrected chi connectivity index (χ2v) is 6.83. The van der Waals surface area contributed by atoms with E-state index in [1.165, 1.54) is 11.1 Å². The lowest BCUT2D eigenvalue weighted by Gasteiger charge is -2.36. The predicted octanol–water partition coefficient (Wildman–Crippen LogP) is 3.22. The zero-order chi connectivity index (χ0) is 18.6. The van der Waals surface area contributed by atoms with Crippen LogP contribution in [-0.2, 0) is 6.42 Å². The largest absolute Gasteiger partial charge is 0.329 e. The highest BCUT2D eigenvalue weighted by atomic mass is 16.2. The van der Waals surface area contributed by atoms with Crippen LogP contribution in [0.3, 0.4) is 0 Å². The zero-order valence-corrected chi connectivity index (χ0v) is 15.5. The number of carbonyl (C=O) groups excluding carboxylic acids is 1. The average Bonchev–Trinajstić information content (AvgIpc) is 3.28. The summed E-state index contributed by atoms with van der Waals surface area (Å²) in [5, 5.41) is 3.43. The number of aromatic nitrogens is 2. The topological polar surface area (TPSA) is 50.2 Å². The summed E-state index contributed by atoms with van der Waals surface area (Å²) in [5.41, 5.74) is 4.14. The number of imidazole rings is 1. The summed E-state index contributed by atoms with van der Waals surface area (Å²) in [6.45, 7) is 4.45. The third-order valence-electron chi connectivity index (χ3n) is 5.17. The molecule has 1 aromatic heterocycles. The number of piperazine rings is 1. The van der Waals surface area contributed by atoms with Crippen molar-refractivity contribution in [3.63, 3.8) is 0 Å². The van der Waals surface area contributed by atoms with Gasteiger partial charge in [-0.25, -0.2) is 4.98 Å². The maximum absolute atomic E-state index is 13.3. The summed E-state index contributed by atoms with van der Waals surface area (Å²) in [4.78, 5) is 19.4. The van der Waals surface area contributed by atoms with Crippen LogP contribution in [0.4, 0.5) is 0 Å². The van der Waals surface area contributed by atoms with Crippen molar-refractivity contribution in [2.75, 3.05) is 19.6 Å². The van der Waals surface area contributed by atoms with Crippen molar-refractivity contribution in [1.29, 1.82) is 0 Å². The van der Waals surface area contributed by atoms with Crippen molar-refractivity contribution >= 4 is 5.91 Å².